The molecule has 0 saturated carbocycles. The van der Waals surface area contributed by atoms with Gasteiger partial charge in [-0.3, -0.25) is 9.89 Å². The smallest absolute Gasteiger partial charge is 0.321 e. The number of rotatable bonds is 6. The van der Waals surface area contributed by atoms with Gasteiger partial charge in [-0.1, -0.05) is 35.0 Å². The van der Waals surface area contributed by atoms with E-state index < -0.39 is 5.92 Å². The lowest BCUT2D eigenvalue weighted by Crippen LogP contribution is -2.18. The van der Waals surface area contributed by atoms with Crippen LogP contribution in [0.2, 0.25) is 0 Å². The third-order valence-corrected chi connectivity index (χ3v) is 3.55. The summed E-state index contributed by atoms with van der Waals surface area (Å²) in [6.07, 6.45) is 1.78. The number of carbonyl (C=O) groups excluding carboxylic acids is 1. The number of ether oxygens (including phenoxy) is 1. The first-order valence-corrected chi connectivity index (χ1v) is 7.78. The van der Waals surface area contributed by atoms with E-state index in [1.807, 2.05) is 24.3 Å². The van der Waals surface area contributed by atoms with Crippen LogP contribution in [0.15, 0.2) is 28.7 Å². The van der Waals surface area contributed by atoms with Crippen LogP contribution in [0.4, 0.5) is 0 Å². The zero-order chi connectivity index (χ0) is 15.2. The van der Waals surface area contributed by atoms with E-state index >= 15 is 0 Å². The second-order valence-electron chi connectivity index (χ2n) is 4.63. The number of nitrogens with zero attached hydrogens (tertiary/aromatic N) is 2. The number of aromatic amines is 1. The molecule has 0 fully saturated rings. The second-order valence-corrected chi connectivity index (χ2v) is 5.54. The largest absolute Gasteiger partial charge is 0.465 e. The first kappa shape index (κ1) is 15.7. The molecule has 0 saturated heterocycles. The Kier molecular flexibility index (Phi) is 5.50. The Balaban J connectivity index is 2.34. The maximum atomic E-state index is 12.3. The summed E-state index contributed by atoms with van der Waals surface area (Å²) in [5.74, 6) is 0.319. The van der Waals surface area contributed by atoms with Crippen LogP contribution >= 0.6 is 15.9 Å². The summed E-state index contributed by atoms with van der Waals surface area (Å²) < 4.78 is 6.12. The number of halogens is 1. The molecule has 1 N–H and O–H groups in total. The highest BCUT2D eigenvalue weighted by Crippen LogP contribution is 2.25. The van der Waals surface area contributed by atoms with Crippen LogP contribution in [-0.2, 0) is 16.0 Å². The highest BCUT2D eigenvalue weighted by Gasteiger charge is 2.28. The molecule has 1 unspecified atom stereocenters. The molecule has 0 aliphatic heterocycles. The van der Waals surface area contributed by atoms with Gasteiger partial charge in [0.15, 0.2) is 5.82 Å². The van der Waals surface area contributed by atoms with Gasteiger partial charge in [-0.2, -0.15) is 5.10 Å². The van der Waals surface area contributed by atoms with E-state index in [0.29, 0.717) is 12.4 Å². The van der Waals surface area contributed by atoms with E-state index in [1.165, 1.54) is 0 Å². The molecule has 1 heterocycles. The zero-order valence-corrected chi connectivity index (χ0v) is 13.7. The van der Waals surface area contributed by atoms with E-state index in [2.05, 4.69) is 38.0 Å². The van der Waals surface area contributed by atoms with Gasteiger partial charge in [-0.25, -0.2) is 4.98 Å². The summed E-state index contributed by atoms with van der Waals surface area (Å²) in [6, 6.07) is 7.53. The molecule has 5 nitrogen and oxygen atoms in total. The van der Waals surface area contributed by atoms with Gasteiger partial charge in [0.1, 0.15) is 11.7 Å². The lowest BCUT2D eigenvalue weighted by Gasteiger charge is -2.12. The van der Waals surface area contributed by atoms with Gasteiger partial charge in [0.25, 0.3) is 0 Å². The van der Waals surface area contributed by atoms with Crippen molar-refractivity contribution in [2.75, 3.05) is 6.61 Å². The maximum absolute atomic E-state index is 12.3. The molecule has 0 aliphatic carbocycles. The van der Waals surface area contributed by atoms with E-state index in [1.54, 1.807) is 6.92 Å². The Morgan fingerprint density at radius 1 is 1.33 bits per heavy atom. The fraction of sp³-hybridized carbons (Fsp3) is 0.400. The Morgan fingerprint density at radius 3 is 2.67 bits per heavy atom. The Hall–Kier alpha value is -1.69. The molecule has 1 aromatic heterocycles. The van der Waals surface area contributed by atoms with Gasteiger partial charge < -0.3 is 4.74 Å². The molecule has 0 aliphatic rings. The minimum Gasteiger partial charge on any atom is -0.465 e. The molecule has 0 spiro atoms. The van der Waals surface area contributed by atoms with Crippen molar-refractivity contribution in [2.45, 2.75) is 32.6 Å². The third kappa shape index (κ3) is 3.91. The molecular weight excluding hydrogens is 334 g/mol. The predicted octanol–water partition coefficient (Wildman–Crippen LogP) is 3.21. The van der Waals surface area contributed by atoms with E-state index in [-0.39, 0.29) is 5.97 Å². The molecule has 0 bridgehead atoms. The minimum atomic E-state index is -0.597. The summed E-state index contributed by atoms with van der Waals surface area (Å²) >= 11 is 3.39. The van der Waals surface area contributed by atoms with Gasteiger partial charge in [0.05, 0.1) is 6.61 Å². The van der Waals surface area contributed by atoms with E-state index in [9.17, 15) is 4.79 Å². The van der Waals surface area contributed by atoms with Crippen molar-refractivity contribution < 1.29 is 9.53 Å². The molecule has 1 atom stereocenters. The van der Waals surface area contributed by atoms with Crippen molar-refractivity contribution in [3.8, 4) is 0 Å². The molecule has 112 valence electrons. The summed E-state index contributed by atoms with van der Waals surface area (Å²) in [7, 11) is 0. The fourth-order valence-electron chi connectivity index (χ4n) is 2.06. The van der Waals surface area contributed by atoms with Gasteiger partial charge in [-0.15, -0.1) is 0 Å². The average Bonchev–Trinajstić information content (AvgIpc) is 2.90. The highest BCUT2D eigenvalue weighted by atomic mass is 79.9. The maximum Gasteiger partial charge on any atom is 0.321 e. The van der Waals surface area contributed by atoms with Crippen molar-refractivity contribution in [3.63, 3.8) is 0 Å². The molecule has 2 rings (SSSR count). The first-order chi connectivity index (χ1) is 10.2. The summed E-state index contributed by atoms with van der Waals surface area (Å²) in [5, 5.41) is 7.08. The monoisotopic (exact) mass is 351 g/mol. The predicted molar refractivity (Wildman–Crippen MR) is 83.0 cm³/mol. The van der Waals surface area contributed by atoms with Crippen LogP contribution in [0, 0.1) is 0 Å². The topological polar surface area (TPSA) is 67.9 Å². The van der Waals surface area contributed by atoms with Crippen LogP contribution in [0.5, 0.6) is 0 Å². The summed E-state index contributed by atoms with van der Waals surface area (Å²) in [4.78, 5) is 16.7. The van der Waals surface area contributed by atoms with Crippen molar-refractivity contribution >= 4 is 21.9 Å². The van der Waals surface area contributed by atoms with Crippen LogP contribution in [0.25, 0.3) is 0 Å². The van der Waals surface area contributed by atoms with E-state index in [0.717, 1.165) is 28.7 Å². The zero-order valence-electron chi connectivity index (χ0n) is 12.1. The summed E-state index contributed by atoms with van der Waals surface area (Å²) in [6.45, 7) is 4.19. The van der Waals surface area contributed by atoms with Crippen LogP contribution in [0.1, 0.15) is 43.4 Å². The van der Waals surface area contributed by atoms with Crippen molar-refractivity contribution in [2.24, 2.45) is 0 Å². The first-order valence-electron chi connectivity index (χ1n) is 6.99. The van der Waals surface area contributed by atoms with Crippen LogP contribution in [0.3, 0.4) is 0 Å². The number of nitrogens with one attached hydrogen (secondary N) is 1. The summed E-state index contributed by atoms with van der Waals surface area (Å²) in [5.41, 5.74) is 0.818. The molecule has 21 heavy (non-hydrogen) atoms. The fourth-order valence-corrected chi connectivity index (χ4v) is 2.32. The lowest BCUT2D eigenvalue weighted by molar-refractivity contribution is -0.144. The van der Waals surface area contributed by atoms with E-state index in [4.69, 9.17) is 4.74 Å². The van der Waals surface area contributed by atoms with Gasteiger partial charge >= 0.3 is 5.97 Å². The van der Waals surface area contributed by atoms with Crippen molar-refractivity contribution in [3.05, 3.63) is 46.0 Å². The Bertz CT molecular complexity index is 595. The minimum absolute atomic E-state index is 0.331. The van der Waals surface area contributed by atoms with Crippen LogP contribution < -0.4 is 0 Å². The Labute approximate surface area is 132 Å². The average molecular weight is 352 g/mol. The molecule has 0 amide bonds. The number of aromatic nitrogens is 3. The number of benzene rings is 1. The van der Waals surface area contributed by atoms with Gasteiger partial charge in [-0.05, 0) is 31.0 Å². The third-order valence-electron chi connectivity index (χ3n) is 3.02. The quantitative estimate of drug-likeness (QED) is 0.811. The highest BCUT2D eigenvalue weighted by molar-refractivity contribution is 9.10. The lowest BCUT2D eigenvalue weighted by atomic mass is 9.98. The van der Waals surface area contributed by atoms with Crippen molar-refractivity contribution in [1.82, 2.24) is 15.2 Å². The number of aryl methyl sites for hydroxylation is 1. The second kappa shape index (κ2) is 7.36. The molecule has 6 heteroatoms. The number of carbonyl (C=O) groups is 1. The van der Waals surface area contributed by atoms with Crippen molar-refractivity contribution in [1.29, 1.82) is 0 Å². The molecule has 0 radical (unpaired) electrons. The van der Waals surface area contributed by atoms with Gasteiger partial charge in [0.2, 0.25) is 0 Å². The standard InChI is InChI=1S/C15H18BrN3O2/c1-3-5-12-17-14(19-18-12)13(15(20)21-4-2)10-6-8-11(16)9-7-10/h6-9,13H,3-5H2,1-2H3,(H,17,18,19). The SMILES string of the molecule is CCCc1nc(C(C(=O)OCC)c2ccc(Br)cc2)n[nH]1. The normalized spacial score (nSPS) is 12.1. The number of hydrogen-bond donors (Lipinski definition) is 1. The van der Waals surface area contributed by atoms with Crippen LogP contribution in [-0.4, -0.2) is 27.8 Å². The molecule has 2 aromatic rings. The number of esters is 1. The molecular formula is C15H18BrN3O2. The van der Waals surface area contributed by atoms with Gasteiger partial charge in [0, 0.05) is 10.9 Å². The number of hydrogen-bond acceptors (Lipinski definition) is 4. The number of H-pyrrole nitrogens is 1. The molecule has 1 aromatic carbocycles. The Morgan fingerprint density at radius 2 is 2.05 bits per heavy atom.